The highest BCUT2D eigenvalue weighted by atomic mass is 16.5. The van der Waals surface area contributed by atoms with Gasteiger partial charge in [0.25, 0.3) is 0 Å². The van der Waals surface area contributed by atoms with Crippen LogP contribution < -0.4 is 4.74 Å². The Balaban J connectivity index is 2.02. The summed E-state index contributed by atoms with van der Waals surface area (Å²) in [6, 6.07) is 8.98. The van der Waals surface area contributed by atoms with Crippen LogP contribution in [-0.4, -0.2) is 37.7 Å². The molecule has 116 valence electrons. The van der Waals surface area contributed by atoms with E-state index in [0.717, 1.165) is 25.1 Å². The summed E-state index contributed by atoms with van der Waals surface area (Å²) < 4.78 is 12.1. The van der Waals surface area contributed by atoms with Gasteiger partial charge in [-0.3, -0.25) is 4.90 Å². The van der Waals surface area contributed by atoms with Crippen LogP contribution in [-0.2, 0) is 10.3 Å². The van der Waals surface area contributed by atoms with E-state index in [1.165, 1.54) is 24.8 Å². The second kappa shape index (κ2) is 5.98. The normalized spacial score (nSPS) is 33.5. The Morgan fingerprint density at radius 1 is 1.38 bits per heavy atom. The first-order chi connectivity index (χ1) is 10.2. The molecule has 0 aromatic heterocycles. The summed E-state index contributed by atoms with van der Waals surface area (Å²) in [5, 5.41) is 0. The second-order valence-electron chi connectivity index (χ2n) is 6.47. The fourth-order valence-electron chi connectivity index (χ4n) is 4.13. The van der Waals surface area contributed by atoms with E-state index in [0.29, 0.717) is 12.1 Å². The van der Waals surface area contributed by atoms with Crippen molar-refractivity contribution in [2.75, 3.05) is 20.7 Å². The standard InChI is InChI=1S/C18H27NO2/c1-4-15-13-19(2)17-10-5-6-11-18(17,21-15)14-8-7-9-16(12-14)20-3/h7-9,12,15,17H,4-6,10-11,13H2,1-3H3. The van der Waals surface area contributed by atoms with Crippen molar-refractivity contribution < 1.29 is 9.47 Å². The minimum Gasteiger partial charge on any atom is -0.497 e. The Bertz CT molecular complexity index is 490. The smallest absolute Gasteiger partial charge is 0.119 e. The van der Waals surface area contributed by atoms with Gasteiger partial charge in [-0.1, -0.05) is 31.9 Å². The quantitative estimate of drug-likeness (QED) is 0.849. The van der Waals surface area contributed by atoms with Gasteiger partial charge in [0.15, 0.2) is 0 Å². The van der Waals surface area contributed by atoms with E-state index >= 15 is 0 Å². The van der Waals surface area contributed by atoms with Gasteiger partial charge in [-0.25, -0.2) is 0 Å². The zero-order chi connectivity index (χ0) is 14.9. The lowest BCUT2D eigenvalue weighted by Gasteiger charge is -2.54. The first kappa shape index (κ1) is 14.9. The monoisotopic (exact) mass is 289 g/mol. The molecule has 21 heavy (non-hydrogen) atoms. The highest BCUT2D eigenvalue weighted by Gasteiger charge is 2.49. The summed E-state index contributed by atoms with van der Waals surface area (Å²) in [4.78, 5) is 2.52. The number of rotatable bonds is 3. The molecule has 1 aliphatic heterocycles. The third-order valence-electron chi connectivity index (χ3n) is 5.23. The van der Waals surface area contributed by atoms with Gasteiger partial charge in [0.05, 0.1) is 13.2 Å². The molecule has 0 spiro atoms. The highest BCUT2D eigenvalue weighted by molar-refractivity contribution is 5.34. The molecule has 1 saturated heterocycles. The molecule has 1 heterocycles. The zero-order valence-corrected chi connectivity index (χ0v) is 13.5. The number of likely N-dealkylation sites (N-methyl/N-ethyl adjacent to an activating group) is 1. The van der Waals surface area contributed by atoms with Crippen LogP contribution in [0.25, 0.3) is 0 Å². The summed E-state index contributed by atoms with van der Waals surface area (Å²) in [6.45, 7) is 3.27. The predicted octanol–water partition coefficient (Wildman–Crippen LogP) is 3.57. The van der Waals surface area contributed by atoms with Crippen molar-refractivity contribution >= 4 is 0 Å². The number of fused-ring (bicyclic) bond motifs is 1. The number of nitrogens with zero attached hydrogens (tertiary/aromatic N) is 1. The number of ether oxygens (including phenoxy) is 2. The Morgan fingerprint density at radius 2 is 2.24 bits per heavy atom. The van der Waals surface area contributed by atoms with E-state index in [1.807, 2.05) is 6.07 Å². The average Bonchev–Trinajstić information content (AvgIpc) is 2.54. The fraction of sp³-hybridized carbons (Fsp3) is 0.667. The molecule has 2 fully saturated rings. The van der Waals surface area contributed by atoms with Gasteiger partial charge in [0.1, 0.15) is 11.4 Å². The van der Waals surface area contributed by atoms with E-state index < -0.39 is 0 Å². The van der Waals surface area contributed by atoms with Gasteiger partial charge in [0.2, 0.25) is 0 Å². The lowest BCUT2D eigenvalue weighted by atomic mass is 9.73. The molecular weight excluding hydrogens is 262 g/mol. The molecule has 1 aromatic carbocycles. The molecule has 2 aliphatic rings. The molecule has 3 atom stereocenters. The van der Waals surface area contributed by atoms with E-state index in [-0.39, 0.29) is 5.60 Å². The van der Waals surface area contributed by atoms with Gasteiger partial charge in [-0.05, 0) is 44.0 Å². The van der Waals surface area contributed by atoms with Gasteiger partial charge in [0, 0.05) is 12.6 Å². The highest BCUT2D eigenvalue weighted by Crippen LogP contribution is 2.47. The topological polar surface area (TPSA) is 21.7 Å². The van der Waals surface area contributed by atoms with E-state index in [1.54, 1.807) is 7.11 Å². The van der Waals surface area contributed by atoms with E-state index in [9.17, 15) is 0 Å². The Hall–Kier alpha value is -1.06. The average molecular weight is 289 g/mol. The minimum absolute atomic E-state index is 0.152. The van der Waals surface area contributed by atoms with Gasteiger partial charge in [-0.15, -0.1) is 0 Å². The number of benzene rings is 1. The van der Waals surface area contributed by atoms with Crippen LogP contribution >= 0.6 is 0 Å². The summed E-state index contributed by atoms with van der Waals surface area (Å²) in [5.74, 6) is 0.927. The molecule has 0 N–H and O–H groups in total. The maximum atomic E-state index is 6.69. The van der Waals surface area contributed by atoms with Crippen molar-refractivity contribution in [1.82, 2.24) is 4.90 Å². The van der Waals surface area contributed by atoms with Gasteiger partial charge < -0.3 is 9.47 Å². The molecule has 1 aliphatic carbocycles. The fourth-order valence-corrected chi connectivity index (χ4v) is 4.13. The Morgan fingerprint density at radius 3 is 3.00 bits per heavy atom. The lowest BCUT2D eigenvalue weighted by Crippen LogP contribution is -2.60. The van der Waals surface area contributed by atoms with Crippen LogP contribution in [0.15, 0.2) is 24.3 Å². The summed E-state index contributed by atoms with van der Waals surface area (Å²) >= 11 is 0. The largest absolute Gasteiger partial charge is 0.497 e. The van der Waals surface area contributed by atoms with Gasteiger partial charge in [-0.2, -0.15) is 0 Å². The molecule has 0 bridgehead atoms. The van der Waals surface area contributed by atoms with Crippen LogP contribution in [0.3, 0.4) is 0 Å². The molecule has 1 saturated carbocycles. The molecule has 1 aromatic rings. The van der Waals surface area contributed by atoms with Crippen LogP contribution in [0.4, 0.5) is 0 Å². The van der Waals surface area contributed by atoms with Crippen LogP contribution in [0.5, 0.6) is 5.75 Å². The molecule has 3 heteroatoms. The van der Waals surface area contributed by atoms with Crippen molar-refractivity contribution in [2.24, 2.45) is 0 Å². The molecule has 3 nitrogen and oxygen atoms in total. The second-order valence-corrected chi connectivity index (χ2v) is 6.47. The van der Waals surface area contributed by atoms with E-state index in [4.69, 9.17) is 9.47 Å². The predicted molar refractivity (Wildman–Crippen MR) is 84.7 cm³/mol. The molecule has 0 radical (unpaired) electrons. The zero-order valence-electron chi connectivity index (χ0n) is 13.5. The SMILES string of the molecule is CCC1CN(C)C2CCCCC2(c2cccc(OC)c2)O1. The summed E-state index contributed by atoms with van der Waals surface area (Å²) in [6.07, 6.45) is 6.30. The third kappa shape index (κ3) is 2.58. The Labute approximate surface area is 128 Å². The van der Waals surface area contributed by atoms with Crippen molar-refractivity contribution in [3.63, 3.8) is 0 Å². The van der Waals surface area contributed by atoms with Crippen LogP contribution in [0.2, 0.25) is 0 Å². The van der Waals surface area contributed by atoms with Crippen LogP contribution in [0.1, 0.15) is 44.6 Å². The molecule has 3 unspecified atom stereocenters. The molecular formula is C18H27NO2. The van der Waals surface area contributed by atoms with Crippen LogP contribution in [0, 0.1) is 0 Å². The Kier molecular flexibility index (Phi) is 4.23. The minimum atomic E-state index is -0.152. The van der Waals surface area contributed by atoms with Crippen molar-refractivity contribution in [3.05, 3.63) is 29.8 Å². The number of hydrogen-bond donors (Lipinski definition) is 0. The van der Waals surface area contributed by atoms with Crippen molar-refractivity contribution in [2.45, 2.75) is 56.8 Å². The molecule has 0 amide bonds. The number of methoxy groups -OCH3 is 1. The molecule has 3 rings (SSSR count). The third-order valence-corrected chi connectivity index (χ3v) is 5.23. The number of morpholine rings is 1. The maximum absolute atomic E-state index is 6.69. The van der Waals surface area contributed by atoms with Crippen molar-refractivity contribution in [3.8, 4) is 5.75 Å². The van der Waals surface area contributed by atoms with E-state index in [2.05, 4.69) is 37.1 Å². The first-order valence-corrected chi connectivity index (χ1v) is 8.22. The van der Waals surface area contributed by atoms with Gasteiger partial charge >= 0.3 is 0 Å². The van der Waals surface area contributed by atoms with Crippen molar-refractivity contribution in [1.29, 1.82) is 0 Å². The first-order valence-electron chi connectivity index (χ1n) is 8.22. The maximum Gasteiger partial charge on any atom is 0.119 e. The summed E-state index contributed by atoms with van der Waals surface area (Å²) in [7, 11) is 3.99. The lowest BCUT2D eigenvalue weighted by molar-refractivity contribution is -0.204. The summed E-state index contributed by atoms with van der Waals surface area (Å²) in [5.41, 5.74) is 1.14. The number of hydrogen-bond acceptors (Lipinski definition) is 3.